The molecule has 1 atom stereocenters. The molecule has 0 bridgehead atoms. The molecule has 6 nitrogen and oxygen atoms in total. The van der Waals surface area contributed by atoms with Crippen LogP contribution in [0, 0.1) is 6.92 Å². The lowest BCUT2D eigenvalue weighted by Gasteiger charge is -2.30. The minimum absolute atomic E-state index is 0.289. The molecule has 0 fully saturated rings. The first-order valence-corrected chi connectivity index (χ1v) is 6.96. The first kappa shape index (κ1) is 14.1. The van der Waals surface area contributed by atoms with Gasteiger partial charge in [0.05, 0.1) is 0 Å². The Morgan fingerprint density at radius 3 is 2.55 bits per heavy atom. The molecule has 2 heterocycles. The number of amides is 2. The van der Waals surface area contributed by atoms with Crippen LogP contribution in [0.25, 0.3) is 0 Å². The highest BCUT2D eigenvalue weighted by molar-refractivity contribution is 6.11. The van der Waals surface area contributed by atoms with Crippen LogP contribution in [0.1, 0.15) is 29.8 Å². The number of rotatable bonds is 2. The van der Waals surface area contributed by atoms with Crippen molar-refractivity contribution >= 4 is 17.6 Å². The minimum Gasteiger partial charge on any atom is -0.363 e. The van der Waals surface area contributed by atoms with E-state index < -0.39 is 6.04 Å². The van der Waals surface area contributed by atoms with Crippen molar-refractivity contribution in [1.82, 2.24) is 15.3 Å². The molecule has 2 N–H and O–H groups in total. The van der Waals surface area contributed by atoms with E-state index in [9.17, 15) is 9.59 Å². The summed E-state index contributed by atoms with van der Waals surface area (Å²) < 4.78 is 0. The van der Waals surface area contributed by atoms with Crippen molar-refractivity contribution in [2.24, 2.45) is 5.10 Å². The van der Waals surface area contributed by atoms with Gasteiger partial charge in [-0.05, 0) is 19.1 Å². The zero-order valence-electron chi connectivity index (χ0n) is 12.3. The Bertz CT molecular complexity index is 732. The third-order valence-corrected chi connectivity index (χ3v) is 3.51. The fraction of sp³-hybridized carbons (Fsp3) is 0.188. The number of hydrazone groups is 1. The first-order valence-electron chi connectivity index (χ1n) is 6.96. The van der Waals surface area contributed by atoms with Crippen molar-refractivity contribution in [3.63, 3.8) is 0 Å². The van der Waals surface area contributed by atoms with E-state index in [1.165, 1.54) is 11.9 Å². The fourth-order valence-electron chi connectivity index (χ4n) is 2.37. The van der Waals surface area contributed by atoms with Gasteiger partial charge in [-0.25, -0.2) is 5.01 Å². The van der Waals surface area contributed by atoms with Gasteiger partial charge in [-0.3, -0.25) is 9.59 Å². The smallest absolute Gasteiger partial charge is 0.256 e. The van der Waals surface area contributed by atoms with Crippen LogP contribution in [0.4, 0.5) is 0 Å². The number of nitrogens with one attached hydrogen (secondary N) is 2. The van der Waals surface area contributed by atoms with E-state index in [0.29, 0.717) is 11.5 Å². The van der Waals surface area contributed by atoms with Gasteiger partial charge in [0.15, 0.2) is 11.9 Å². The van der Waals surface area contributed by atoms with Crippen LogP contribution >= 0.6 is 0 Å². The average molecular weight is 296 g/mol. The number of carbonyl (C=O) groups is 2. The zero-order chi connectivity index (χ0) is 15.7. The highest BCUT2D eigenvalue weighted by Crippen LogP contribution is 2.24. The Balaban J connectivity index is 2.01. The van der Waals surface area contributed by atoms with E-state index in [2.05, 4.69) is 15.4 Å². The van der Waals surface area contributed by atoms with Gasteiger partial charge in [0.1, 0.15) is 0 Å². The van der Waals surface area contributed by atoms with E-state index in [1.807, 2.05) is 31.2 Å². The number of aromatic amines is 1. The monoisotopic (exact) mass is 296 g/mol. The molecule has 0 saturated heterocycles. The summed E-state index contributed by atoms with van der Waals surface area (Å²) in [5, 5.41) is 8.30. The summed E-state index contributed by atoms with van der Waals surface area (Å²) in [5.41, 5.74) is 2.49. The number of amidine groups is 1. The highest BCUT2D eigenvalue weighted by Gasteiger charge is 2.35. The van der Waals surface area contributed by atoms with E-state index >= 15 is 0 Å². The molecule has 0 aliphatic carbocycles. The summed E-state index contributed by atoms with van der Waals surface area (Å²) in [6.07, 6.45) is 1.71. The number of carbonyl (C=O) groups excluding carboxylic acids is 2. The molecule has 112 valence electrons. The van der Waals surface area contributed by atoms with Gasteiger partial charge in [-0.1, -0.05) is 29.8 Å². The molecule has 3 rings (SSSR count). The van der Waals surface area contributed by atoms with Crippen molar-refractivity contribution < 1.29 is 9.59 Å². The van der Waals surface area contributed by atoms with Crippen molar-refractivity contribution in [3.8, 4) is 0 Å². The van der Waals surface area contributed by atoms with Gasteiger partial charge in [0.2, 0.25) is 5.91 Å². The molecular weight excluding hydrogens is 280 g/mol. The summed E-state index contributed by atoms with van der Waals surface area (Å²) in [6, 6.07) is 10.3. The number of hydrogen-bond donors (Lipinski definition) is 2. The number of aryl methyl sites for hydroxylation is 1. The quantitative estimate of drug-likeness (QED) is 0.885. The van der Waals surface area contributed by atoms with Crippen LogP contribution in [-0.4, -0.2) is 27.6 Å². The highest BCUT2D eigenvalue weighted by atomic mass is 16.2. The number of aromatic nitrogens is 1. The molecule has 2 aromatic rings. The fourth-order valence-corrected chi connectivity index (χ4v) is 2.37. The van der Waals surface area contributed by atoms with Crippen molar-refractivity contribution in [2.45, 2.75) is 19.9 Å². The summed E-state index contributed by atoms with van der Waals surface area (Å²) in [5.74, 6) is -0.203. The number of benzene rings is 1. The van der Waals surface area contributed by atoms with Crippen LogP contribution in [-0.2, 0) is 9.59 Å². The Morgan fingerprint density at radius 2 is 1.95 bits per heavy atom. The first-order chi connectivity index (χ1) is 10.6. The van der Waals surface area contributed by atoms with Gasteiger partial charge in [-0.2, -0.15) is 5.10 Å². The van der Waals surface area contributed by atoms with Gasteiger partial charge in [0.25, 0.3) is 5.91 Å². The second-order valence-corrected chi connectivity index (χ2v) is 5.20. The zero-order valence-corrected chi connectivity index (χ0v) is 12.3. The molecule has 1 aromatic heterocycles. The Morgan fingerprint density at radius 1 is 1.23 bits per heavy atom. The molecular formula is C16H16N4O2. The van der Waals surface area contributed by atoms with Crippen LogP contribution in [0.3, 0.4) is 0 Å². The minimum atomic E-state index is -0.776. The second-order valence-electron chi connectivity index (χ2n) is 5.20. The van der Waals surface area contributed by atoms with Gasteiger partial charge in [0, 0.05) is 24.4 Å². The van der Waals surface area contributed by atoms with Crippen LogP contribution < -0.4 is 5.32 Å². The lowest BCUT2D eigenvalue weighted by Crippen LogP contribution is -2.48. The van der Waals surface area contributed by atoms with Crippen molar-refractivity contribution in [1.29, 1.82) is 0 Å². The molecule has 22 heavy (non-hydrogen) atoms. The molecule has 0 radical (unpaired) electrons. The van der Waals surface area contributed by atoms with E-state index in [-0.39, 0.29) is 11.8 Å². The molecule has 1 aliphatic rings. The van der Waals surface area contributed by atoms with Gasteiger partial charge < -0.3 is 10.3 Å². The predicted molar refractivity (Wildman–Crippen MR) is 81.9 cm³/mol. The van der Waals surface area contributed by atoms with Crippen LogP contribution in [0.5, 0.6) is 0 Å². The Kier molecular flexibility index (Phi) is 3.50. The SMILES string of the molecule is CC(=O)N1N=C(c2ccc(C)cc2)NC(=O)C1c1ccc[nH]1. The largest absolute Gasteiger partial charge is 0.363 e. The number of H-pyrrole nitrogens is 1. The summed E-state index contributed by atoms with van der Waals surface area (Å²) in [7, 11) is 0. The van der Waals surface area contributed by atoms with Crippen molar-refractivity contribution in [2.75, 3.05) is 0 Å². The number of hydrogen-bond acceptors (Lipinski definition) is 3. The summed E-state index contributed by atoms with van der Waals surface area (Å²) in [4.78, 5) is 27.3. The maximum atomic E-state index is 12.5. The van der Waals surface area contributed by atoms with Crippen molar-refractivity contribution in [3.05, 3.63) is 59.4 Å². The third kappa shape index (κ3) is 2.50. The van der Waals surface area contributed by atoms with E-state index in [0.717, 1.165) is 11.1 Å². The summed E-state index contributed by atoms with van der Waals surface area (Å²) in [6.45, 7) is 3.37. The van der Waals surface area contributed by atoms with Crippen LogP contribution in [0.2, 0.25) is 0 Å². The second kappa shape index (κ2) is 5.48. The molecule has 1 aromatic carbocycles. The van der Waals surface area contributed by atoms with Gasteiger partial charge >= 0.3 is 0 Å². The molecule has 1 unspecified atom stereocenters. The molecule has 1 aliphatic heterocycles. The van der Waals surface area contributed by atoms with E-state index in [4.69, 9.17) is 0 Å². The molecule has 0 spiro atoms. The standard InChI is InChI=1S/C16H16N4O2/c1-10-5-7-12(8-6-10)15-18-16(22)14(13-4-3-9-17-13)20(19-15)11(2)21/h3-9,14,17H,1-2H3,(H,18,19,22). The maximum absolute atomic E-state index is 12.5. The van der Waals surface area contributed by atoms with Gasteiger partial charge in [-0.15, -0.1) is 0 Å². The molecule has 6 heteroatoms. The molecule has 2 amide bonds. The Labute approximate surface area is 127 Å². The third-order valence-electron chi connectivity index (χ3n) is 3.51. The summed E-state index contributed by atoms with van der Waals surface area (Å²) >= 11 is 0. The van der Waals surface area contributed by atoms with Crippen LogP contribution in [0.15, 0.2) is 47.7 Å². The molecule has 0 saturated carbocycles. The van der Waals surface area contributed by atoms with E-state index in [1.54, 1.807) is 18.3 Å². The predicted octanol–water partition coefficient (Wildman–Crippen LogP) is 1.70. The maximum Gasteiger partial charge on any atom is 0.256 e. The topological polar surface area (TPSA) is 77.6 Å². The average Bonchev–Trinajstić information content (AvgIpc) is 3.01. The lowest BCUT2D eigenvalue weighted by molar-refractivity contribution is -0.139. The Hall–Kier alpha value is -2.89. The normalized spacial score (nSPS) is 17.9. The lowest BCUT2D eigenvalue weighted by atomic mass is 10.1. The number of nitrogens with zero attached hydrogens (tertiary/aromatic N) is 2.